The number of hydrogen-bond donors (Lipinski definition) is 1. The summed E-state index contributed by atoms with van der Waals surface area (Å²) in [5.74, 6) is 0.522. The number of likely N-dealkylation sites (N-methyl/N-ethyl adjacent to an activating group) is 1. The molecule has 1 fully saturated rings. The molecule has 0 heterocycles. The van der Waals surface area contributed by atoms with Crippen LogP contribution in [0, 0.1) is 5.92 Å². The van der Waals surface area contributed by atoms with Crippen LogP contribution in [-0.2, 0) is 14.3 Å². The van der Waals surface area contributed by atoms with Gasteiger partial charge in [-0.1, -0.05) is 26.2 Å². The number of carbonyl (C=O) groups is 1. The Hall–Kier alpha value is -0.610. The van der Waals surface area contributed by atoms with Crippen LogP contribution in [0.4, 0.5) is 0 Å². The molecule has 3 atom stereocenters. The van der Waals surface area contributed by atoms with Crippen molar-refractivity contribution in [2.75, 3.05) is 20.3 Å². The predicted octanol–water partition coefficient (Wildman–Crippen LogP) is 2.51. The maximum atomic E-state index is 11.6. The SMILES string of the molecule is CCOC(=O)C(CCOC1CCCCC1CC)NC. The Balaban J connectivity index is 2.28. The van der Waals surface area contributed by atoms with Crippen molar-refractivity contribution in [1.82, 2.24) is 5.32 Å². The molecule has 0 aliphatic heterocycles. The van der Waals surface area contributed by atoms with E-state index in [9.17, 15) is 4.79 Å². The second-order valence-corrected chi connectivity index (χ2v) is 5.24. The van der Waals surface area contributed by atoms with Crippen LogP contribution in [0.3, 0.4) is 0 Å². The summed E-state index contributed by atoms with van der Waals surface area (Å²) in [6.07, 6.45) is 7.32. The zero-order chi connectivity index (χ0) is 14.1. The van der Waals surface area contributed by atoms with Gasteiger partial charge in [0.2, 0.25) is 0 Å². The number of nitrogens with one attached hydrogen (secondary N) is 1. The minimum absolute atomic E-state index is 0.177. The monoisotopic (exact) mass is 271 g/mol. The lowest BCUT2D eigenvalue weighted by Gasteiger charge is -2.31. The molecule has 1 rings (SSSR count). The largest absolute Gasteiger partial charge is 0.465 e. The van der Waals surface area contributed by atoms with Crippen LogP contribution in [0.1, 0.15) is 52.4 Å². The van der Waals surface area contributed by atoms with E-state index in [2.05, 4.69) is 12.2 Å². The van der Waals surface area contributed by atoms with E-state index in [0.29, 0.717) is 31.7 Å². The Morgan fingerprint density at radius 3 is 2.68 bits per heavy atom. The van der Waals surface area contributed by atoms with Crippen molar-refractivity contribution < 1.29 is 14.3 Å². The van der Waals surface area contributed by atoms with E-state index in [4.69, 9.17) is 9.47 Å². The first-order valence-electron chi connectivity index (χ1n) is 7.68. The van der Waals surface area contributed by atoms with Gasteiger partial charge in [-0.25, -0.2) is 0 Å². The molecule has 1 aliphatic carbocycles. The summed E-state index contributed by atoms with van der Waals surface area (Å²) >= 11 is 0. The van der Waals surface area contributed by atoms with E-state index in [-0.39, 0.29) is 12.0 Å². The first kappa shape index (κ1) is 16.4. The second-order valence-electron chi connectivity index (χ2n) is 5.24. The fraction of sp³-hybridized carbons (Fsp3) is 0.933. The molecule has 0 radical (unpaired) electrons. The third kappa shape index (κ3) is 5.49. The van der Waals surface area contributed by atoms with Crippen LogP contribution in [0.2, 0.25) is 0 Å². The van der Waals surface area contributed by atoms with Gasteiger partial charge in [-0.3, -0.25) is 4.79 Å². The Bertz CT molecular complexity index is 258. The van der Waals surface area contributed by atoms with Crippen molar-refractivity contribution in [3.05, 3.63) is 0 Å². The van der Waals surface area contributed by atoms with Gasteiger partial charge in [0.15, 0.2) is 0 Å². The van der Waals surface area contributed by atoms with E-state index < -0.39 is 0 Å². The molecule has 0 aromatic heterocycles. The van der Waals surface area contributed by atoms with Gasteiger partial charge in [0.1, 0.15) is 6.04 Å². The number of carbonyl (C=O) groups excluding carboxylic acids is 1. The predicted molar refractivity (Wildman–Crippen MR) is 76.1 cm³/mol. The second kappa shape index (κ2) is 9.32. The number of rotatable bonds is 8. The summed E-state index contributed by atoms with van der Waals surface area (Å²) in [7, 11) is 1.79. The molecule has 3 unspecified atom stereocenters. The maximum Gasteiger partial charge on any atom is 0.323 e. The minimum atomic E-state index is -0.247. The Labute approximate surface area is 117 Å². The van der Waals surface area contributed by atoms with Crippen molar-refractivity contribution in [3.63, 3.8) is 0 Å². The van der Waals surface area contributed by atoms with Gasteiger partial charge >= 0.3 is 5.97 Å². The highest BCUT2D eigenvalue weighted by Gasteiger charge is 2.25. The molecule has 0 spiro atoms. The zero-order valence-electron chi connectivity index (χ0n) is 12.6. The highest BCUT2D eigenvalue weighted by Crippen LogP contribution is 2.29. The molecule has 1 aliphatic rings. The summed E-state index contributed by atoms with van der Waals surface area (Å²) in [4.78, 5) is 11.6. The molecular formula is C15H29NO3. The highest BCUT2D eigenvalue weighted by molar-refractivity contribution is 5.75. The van der Waals surface area contributed by atoms with Gasteiger partial charge in [-0.05, 0) is 39.2 Å². The minimum Gasteiger partial charge on any atom is -0.465 e. The van der Waals surface area contributed by atoms with Crippen LogP contribution in [0.25, 0.3) is 0 Å². The first-order chi connectivity index (χ1) is 9.22. The van der Waals surface area contributed by atoms with Gasteiger partial charge in [-0.2, -0.15) is 0 Å². The number of hydrogen-bond acceptors (Lipinski definition) is 4. The van der Waals surface area contributed by atoms with Crippen LogP contribution in [-0.4, -0.2) is 38.4 Å². The lowest BCUT2D eigenvalue weighted by molar-refractivity contribution is -0.146. The molecule has 4 heteroatoms. The average molecular weight is 271 g/mol. The van der Waals surface area contributed by atoms with Gasteiger partial charge in [0.05, 0.1) is 12.7 Å². The normalized spacial score (nSPS) is 25.0. The quantitative estimate of drug-likeness (QED) is 0.689. The van der Waals surface area contributed by atoms with Crippen LogP contribution in [0.5, 0.6) is 0 Å². The summed E-state index contributed by atoms with van der Waals surface area (Å²) < 4.78 is 11.0. The zero-order valence-corrected chi connectivity index (χ0v) is 12.6. The lowest BCUT2D eigenvalue weighted by Crippen LogP contribution is -2.37. The van der Waals surface area contributed by atoms with Gasteiger partial charge in [0, 0.05) is 6.61 Å². The van der Waals surface area contributed by atoms with E-state index in [1.807, 2.05) is 6.92 Å². The molecular weight excluding hydrogens is 242 g/mol. The fourth-order valence-corrected chi connectivity index (χ4v) is 2.82. The molecule has 0 bridgehead atoms. The maximum absolute atomic E-state index is 11.6. The molecule has 0 amide bonds. The van der Waals surface area contributed by atoms with E-state index >= 15 is 0 Å². The van der Waals surface area contributed by atoms with Crippen LogP contribution < -0.4 is 5.32 Å². The Morgan fingerprint density at radius 1 is 1.32 bits per heavy atom. The Morgan fingerprint density at radius 2 is 2.05 bits per heavy atom. The van der Waals surface area contributed by atoms with E-state index in [1.54, 1.807) is 7.05 Å². The molecule has 19 heavy (non-hydrogen) atoms. The van der Waals surface area contributed by atoms with Crippen molar-refractivity contribution in [2.24, 2.45) is 5.92 Å². The first-order valence-corrected chi connectivity index (χ1v) is 7.68. The van der Waals surface area contributed by atoms with E-state index in [1.165, 1.54) is 32.1 Å². The average Bonchev–Trinajstić information content (AvgIpc) is 2.44. The smallest absolute Gasteiger partial charge is 0.323 e. The van der Waals surface area contributed by atoms with E-state index in [0.717, 1.165) is 0 Å². The summed E-state index contributed by atoms with van der Waals surface area (Å²) in [5, 5.41) is 3.00. The molecule has 1 N–H and O–H groups in total. The van der Waals surface area contributed by atoms with Crippen molar-refractivity contribution in [1.29, 1.82) is 0 Å². The molecule has 1 saturated carbocycles. The Kier molecular flexibility index (Phi) is 8.07. The number of esters is 1. The van der Waals surface area contributed by atoms with Crippen LogP contribution >= 0.6 is 0 Å². The fourth-order valence-electron chi connectivity index (χ4n) is 2.82. The van der Waals surface area contributed by atoms with Gasteiger partial charge in [0.25, 0.3) is 0 Å². The third-order valence-electron chi connectivity index (χ3n) is 4.02. The van der Waals surface area contributed by atoms with Gasteiger partial charge < -0.3 is 14.8 Å². The molecule has 0 saturated heterocycles. The summed E-state index contributed by atoms with van der Waals surface area (Å²) in [6.45, 7) is 5.13. The molecule has 0 aromatic rings. The van der Waals surface area contributed by atoms with Crippen molar-refractivity contribution in [2.45, 2.75) is 64.5 Å². The van der Waals surface area contributed by atoms with Crippen molar-refractivity contribution in [3.8, 4) is 0 Å². The van der Waals surface area contributed by atoms with Crippen LogP contribution in [0.15, 0.2) is 0 Å². The third-order valence-corrected chi connectivity index (χ3v) is 4.02. The summed E-state index contributed by atoms with van der Waals surface area (Å²) in [5.41, 5.74) is 0. The highest BCUT2D eigenvalue weighted by atomic mass is 16.5. The molecule has 0 aromatic carbocycles. The molecule has 112 valence electrons. The van der Waals surface area contributed by atoms with Gasteiger partial charge in [-0.15, -0.1) is 0 Å². The lowest BCUT2D eigenvalue weighted by atomic mass is 9.85. The topological polar surface area (TPSA) is 47.6 Å². The standard InChI is InChI=1S/C15H29NO3/c1-4-12-8-6-7-9-14(12)19-11-10-13(16-3)15(17)18-5-2/h12-14,16H,4-11H2,1-3H3. The number of ether oxygens (including phenoxy) is 2. The molecule has 4 nitrogen and oxygen atoms in total. The summed E-state index contributed by atoms with van der Waals surface area (Å²) in [6, 6.07) is -0.247. The van der Waals surface area contributed by atoms with Crippen molar-refractivity contribution >= 4 is 5.97 Å².